The quantitative estimate of drug-likeness (QED) is 0.143. The van der Waals surface area contributed by atoms with Crippen LogP contribution in [0, 0.1) is 12.7 Å². The first-order valence-electron chi connectivity index (χ1n) is 20.8. The molecular formula is C45H51F5N6O4. The molecule has 15 heteroatoms. The molecule has 320 valence electrons. The zero-order valence-corrected chi connectivity index (χ0v) is 34.2. The molecule has 60 heavy (non-hydrogen) atoms. The molecule has 10 nitrogen and oxygen atoms in total. The third kappa shape index (κ3) is 7.95. The van der Waals surface area contributed by atoms with Gasteiger partial charge in [-0.25, -0.2) is 8.78 Å². The van der Waals surface area contributed by atoms with E-state index in [0.717, 1.165) is 43.4 Å². The van der Waals surface area contributed by atoms with E-state index in [4.69, 9.17) is 28.9 Å². The number of piperazine rings is 1. The number of benzene rings is 3. The fourth-order valence-electron chi connectivity index (χ4n) is 10.2. The smallest absolute Gasteiger partial charge is 0.417 e. The number of aromatic nitrogens is 2. The number of hydrogen-bond acceptors (Lipinski definition) is 10. The van der Waals surface area contributed by atoms with E-state index < -0.39 is 40.9 Å². The SMILES string of the molecule is COc1ccc(CN(Cc2ccc(OC)cc2)c2cc(C)c(C(F)(F)F)c(C3Cc4nc(OC[C@@]56CCCN5C[C@H](F)C6)nc(N5C[C@H]6CC[C@@H](C5)N6)c4CO3)c2F)cc1. The summed E-state index contributed by atoms with van der Waals surface area (Å²) in [6, 6.07) is 16.5. The minimum atomic E-state index is -4.88. The molecule has 2 bridgehead atoms. The maximum atomic E-state index is 17.5. The number of nitrogens with zero attached hydrogens (tertiary/aromatic N) is 5. The standard InChI is InChI=1S/C45H51F5N6O4/c1-27-17-37(54(20-28-5-11-33(57-2)12-6-28)21-29-7-13-34(58-3)14-8-29)41(47)39(40(27)45(48,49)50)38-18-36-35(25-59-38)42(55-23-31-9-10-32(24-55)51-31)53-43(52-36)60-26-44-15-4-16-56(44)22-30(46)19-44/h5-8,11-14,17,30-32,38,51H,4,9-10,15-16,18-26H2,1-3H3/t30-,31-,32+,38?,44+/m1/s1. The third-order valence-corrected chi connectivity index (χ3v) is 13.1. The van der Waals surface area contributed by atoms with E-state index in [0.29, 0.717) is 54.6 Å². The van der Waals surface area contributed by atoms with E-state index >= 15 is 17.6 Å². The molecule has 0 aliphatic carbocycles. The van der Waals surface area contributed by atoms with Gasteiger partial charge in [-0.3, -0.25) is 4.90 Å². The van der Waals surface area contributed by atoms with E-state index in [9.17, 15) is 4.39 Å². The molecule has 6 heterocycles. The molecule has 4 fully saturated rings. The van der Waals surface area contributed by atoms with Crippen LogP contribution in [0.25, 0.3) is 0 Å². The number of hydrogen-bond donors (Lipinski definition) is 1. The number of anilines is 2. The first-order chi connectivity index (χ1) is 28.9. The van der Waals surface area contributed by atoms with Gasteiger partial charge in [-0.1, -0.05) is 24.3 Å². The Balaban J connectivity index is 1.10. The van der Waals surface area contributed by atoms with Gasteiger partial charge in [0.25, 0.3) is 0 Å². The number of nitrogens with one attached hydrogen (secondary N) is 1. The summed E-state index contributed by atoms with van der Waals surface area (Å²) in [5, 5.41) is 3.64. The first-order valence-corrected chi connectivity index (χ1v) is 20.8. The highest BCUT2D eigenvalue weighted by Crippen LogP contribution is 2.47. The highest BCUT2D eigenvalue weighted by molar-refractivity contribution is 5.59. The van der Waals surface area contributed by atoms with Crippen LogP contribution in [0.1, 0.15) is 77.3 Å². The first kappa shape index (κ1) is 40.7. The Labute approximate surface area is 347 Å². The Morgan fingerprint density at radius 2 is 1.58 bits per heavy atom. The molecule has 3 aromatic carbocycles. The average molecular weight is 835 g/mol. The summed E-state index contributed by atoms with van der Waals surface area (Å²) in [6.07, 6.45) is -3.11. The summed E-state index contributed by atoms with van der Waals surface area (Å²) < 4.78 is 101. The van der Waals surface area contributed by atoms with Crippen LogP contribution in [0.3, 0.4) is 0 Å². The average Bonchev–Trinajstić information content (AvgIpc) is 3.89. The van der Waals surface area contributed by atoms with E-state index in [1.165, 1.54) is 13.0 Å². The van der Waals surface area contributed by atoms with Gasteiger partial charge < -0.3 is 34.1 Å². The van der Waals surface area contributed by atoms with Crippen molar-refractivity contribution >= 4 is 11.5 Å². The van der Waals surface area contributed by atoms with Gasteiger partial charge in [0, 0.05) is 68.8 Å². The van der Waals surface area contributed by atoms with Crippen molar-refractivity contribution in [2.45, 2.75) is 101 Å². The largest absolute Gasteiger partial charge is 0.497 e. The lowest BCUT2D eigenvalue weighted by atomic mass is 9.90. The highest BCUT2D eigenvalue weighted by Gasteiger charge is 2.50. The minimum absolute atomic E-state index is 0.0170. The van der Waals surface area contributed by atoms with Gasteiger partial charge in [-0.05, 0) is 86.2 Å². The van der Waals surface area contributed by atoms with Gasteiger partial charge in [0.05, 0.1) is 49.4 Å². The zero-order chi connectivity index (χ0) is 41.8. The zero-order valence-electron chi connectivity index (χ0n) is 34.2. The van der Waals surface area contributed by atoms with Crippen molar-refractivity contribution in [3.05, 3.63) is 99.5 Å². The van der Waals surface area contributed by atoms with Crippen LogP contribution in [-0.2, 0) is 37.0 Å². The van der Waals surface area contributed by atoms with Crippen LogP contribution < -0.4 is 29.3 Å². The van der Waals surface area contributed by atoms with Crippen molar-refractivity contribution < 1.29 is 40.9 Å². The monoisotopic (exact) mass is 834 g/mol. The molecule has 5 aliphatic rings. The highest BCUT2D eigenvalue weighted by atomic mass is 19.4. The summed E-state index contributed by atoms with van der Waals surface area (Å²) in [5.74, 6) is 0.904. The molecule has 5 aliphatic heterocycles. The minimum Gasteiger partial charge on any atom is -0.497 e. The maximum absolute atomic E-state index is 17.5. The molecule has 0 amide bonds. The molecular weight excluding hydrogens is 784 g/mol. The molecule has 0 radical (unpaired) electrons. The van der Waals surface area contributed by atoms with Gasteiger partial charge in [-0.15, -0.1) is 0 Å². The molecule has 4 saturated heterocycles. The molecule has 4 aromatic rings. The van der Waals surface area contributed by atoms with Gasteiger partial charge >= 0.3 is 12.2 Å². The lowest BCUT2D eigenvalue weighted by molar-refractivity contribution is -0.140. The number of fused-ring (bicyclic) bond motifs is 4. The Bertz CT molecular complexity index is 2130. The van der Waals surface area contributed by atoms with Crippen LogP contribution in [-0.4, -0.2) is 85.7 Å². The fraction of sp³-hybridized carbons (Fsp3) is 0.511. The number of methoxy groups -OCH3 is 2. The molecule has 1 unspecified atom stereocenters. The van der Waals surface area contributed by atoms with Crippen molar-refractivity contribution in [3.63, 3.8) is 0 Å². The van der Waals surface area contributed by atoms with Crippen LogP contribution in [0.2, 0.25) is 0 Å². The Morgan fingerprint density at radius 1 is 0.933 bits per heavy atom. The van der Waals surface area contributed by atoms with Crippen molar-refractivity contribution in [3.8, 4) is 17.5 Å². The van der Waals surface area contributed by atoms with E-state index in [2.05, 4.69) is 15.1 Å². The van der Waals surface area contributed by atoms with Gasteiger partial charge in [0.1, 0.15) is 30.1 Å². The van der Waals surface area contributed by atoms with Crippen LogP contribution in [0.15, 0.2) is 54.6 Å². The number of halogens is 5. The number of ether oxygens (including phenoxy) is 4. The maximum Gasteiger partial charge on any atom is 0.417 e. The summed E-state index contributed by atoms with van der Waals surface area (Å²) in [6.45, 7) is 4.38. The van der Waals surface area contributed by atoms with E-state index in [1.807, 2.05) is 24.3 Å². The van der Waals surface area contributed by atoms with Crippen molar-refractivity contribution in [2.24, 2.45) is 0 Å². The second-order valence-electron chi connectivity index (χ2n) is 17.0. The molecule has 1 N–H and O–H groups in total. The van der Waals surface area contributed by atoms with Crippen molar-refractivity contribution in [1.29, 1.82) is 0 Å². The third-order valence-electron chi connectivity index (χ3n) is 13.1. The molecule has 0 spiro atoms. The number of rotatable bonds is 12. The number of alkyl halides is 4. The molecule has 1 aromatic heterocycles. The number of aryl methyl sites for hydroxylation is 1. The fourth-order valence-corrected chi connectivity index (χ4v) is 10.2. The predicted molar refractivity (Wildman–Crippen MR) is 216 cm³/mol. The van der Waals surface area contributed by atoms with Crippen LogP contribution >= 0.6 is 0 Å². The lowest BCUT2D eigenvalue weighted by Crippen LogP contribution is -2.52. The lowest BCUT2D eigenvalue weighted by Gasteiger charge is -2.37. The summed E-state index contributed by atoms with van der Waals surface area (Å²) in [5.41, 5.74) is 0.563. The van der Waals surface area contributed by atoms with E-state index in [1.54, 1.807) is 43.4 Å². The summed E-state index contributed by atoms with van der Waals surface area (Å²) in [4.78, 5) is 15.8. The van der Waals surface area contributed by atoms with Crippen LogP contribution in [0.5, 0.6) is 17.5 Å². The second kappa shape index (κ2) is 16.3. The van der Waals surface area contributed by atoms with Crippen molar-refractivity contribution in [1.82, 2.24) is 20.2 Å². The van der Waals surface area contributed by atoms with E-state index in [-0.39, 0.29) is 62.1 Å². The Morgan fingerprint density at radius 3 is 2.20 bits per heavy atom. The van der Waals surface area contributed by atoms with Gasteiger partial charge in [0.2, 0.25) is 0 Å². The predicted octanol–water partition coefficient (Wildman–Crippen LogP) is 7.88. The molecule has 0 saturated carbocycles. The normalized spacial score (nSPS) is 25.0. The Hall–Kier alpha value is -4.73. The Kier molecular flexibility index (Phi) is 11.0. The second-order valence-corrected chi connectivity index (χ2v) is 17.0. The van der Waals surface area contributed by atoms with Gasteiger partial charge in [-0.2, -0.15) is 23.1 Å². The van der Waals surface area contributed by atoms with Gasteiger partial charge in [0.15, 0.2) is 5.82 Å². The molecule has 9 rings (SSSR count). The van der Waals surface area contributed by atoms with Crippen molar-refractivity contribution in [2.75, 3.05) is 56.8 Å². The summed E-state index contributed by atoms with van der Waals surface area (Å²) >= 11 is 0. The molecule has 5 atom stereocenters. The topological polar surface area (TPSA) is 84.5 Å². The summed E-state index contributed by atoms with van der Waals surface area (Å²) in [7, 11) is 3.13. The van der Waals surface area contributed by atoms with Crippen LogP contribution in [0.4, 0.5) is 33.5 Å².